The second kappa shape index (κ2) is 7.70. The smallest absolute Gasteiger partial charge is 0.222 e. The predicted octanol–water partition coefficient (Wildman–Crippen LogP) is 3.23. The Labute approximate surface area is 158 Å². The Balaban J connectivity index is 1.34. The Morgan fingerprint density at radius 1 is 1.19 bits per heavy atom. The summed E-state index contributed by atoms with van der Waals surface area (Å²) in [6.45, 7) is 2.45. The first-order valence-corrected chi connectivity index (χ1v) is 9.41. The lowest BCUT2D eigenvalue weighted by Gasteiger charge is -2.26. The highest BCUT2D eigenvalue weighted by Crippen LogP contribution is 2.29. The highest BCUT2D eigenvalue weighted by Gasteiger charge is 2.21. The number of nitrogens with one attached hydrogen (secondary N) is 1. The van der Waals surface area contributed by atoms with Crippen molar-refractivity contribution in [2.75, 3.05) is 0 Å². The summed E-state index contributed by atoms with van der Waals surface area (Å²) in [5.41, 5.74) is 4.70. The number of hydrogen-bond donors (Lipinski definition) is 1. The number of nitrogens with zero attached hydrogens (tertiary/aromatic N) is 4. The van der Waals surface area contributed by atoms with Crippen LogP contribution in [0, 0.1) is 6.92 Å². The summed E-state index contributed by atoms with van der Waals surface area (Å²) in [4.78, 5) is 13.9. The summed E-state index contributed by atoms with van der Waals surface area (Å²) in [5.74, 6) is 0.600. The Morgan fingerprint density at radius 3 is 2.85 bits per heavy atom. The van der Waals surface area contributed by atoms with Crippen LogP contribution in [-0.4, -0.2) is 26.1 Å². The fourth-order valence-electron chi connectivity index (χ4n) is 3.53. The van der Waals surface area contributed by atoms with Crippen molar-refractivity contribution >= 4 is 5.91 Å². The molecule has 2 aromatic carbocycles. The summed E-state index contributed by atoms with van der Waals surface area (Å²) in [7, 11) is 0. The molecule has 138 valence electrons. The van der Waals surface area contributed by atoms with E-state index in [0.29, 0.717) is 18.8 Å². The molecule has 0 unspecified atom stereocenters. The third kappa shape index (κ3) is 4.05. The van der Waals surface area contributed by atoms with Crippen LogP contribution >= 0.6 is 0 Å². The average Bonchev–Trinajstić information content (AvgIpc) is 3.16. The van der Waals surface area contributed by atoms with E-state index in [1.807, 2.05) is 37.3 Å². The van der Waals surface area contributed by atoms with Gasteiger partial charge in [-0.1, -0.05) is 54.1 Å². The highest BCUT2D eigenvalue weighted by atomic mass is 16.1. The lowest BCUT2D eigenvalue weighted by Crippen LogP contribution is -2.31. The van der Waals surface area contributed by atoms with Gasteiger partial charge in [-0.15, -0.1) is 10.2 Å². The number of aryl methyl sites for hydroxylation is 3. The monoisotopic (exact) mass is 361 g/mol. The van der Waals surface area contributed by atoms with Crippen LogP contribution in [0.25, 0.3) is 11.4 Å². The highest BCUT2D eigenvalue weighted by molar-refractivity contribution is 5.76. The number of rotatable bonds is 5. The molecular weight excluding hydrogens is 338 g/mol. The van der Waals surface area contributed by atoms with Crippen LogP contribution in [0.15, 0.2) is 48.5 Å². The number of tetrazole rings is 1. The molecule has 1 aliphatic rings. The lowest BCUT2D eigenvalue weighted by atomic mass is 9.88. The van der Waals surface area contributed by atoms with Crippen molar-refractivity contribution in [1.29, 1.82) is 0 Å². The number of benzene rings is 2. The molecule has 1 atom stereocenters. The zero-order chi connectivity index (χ0) is 18.6. The fraction of sp³-hybridized carbons (Fsp3) is 0.333. The van der Waals surface area contributed by atoms with Crippen LogP contribution in [-0.2, 0) is 17.8 Å². The van der Waals surface area contributed by atoms with Crippen LogP contribution in [0.2, 0.25) is 0 Å². The third-order valence-corrected chi connectivity index (χ3v) is 5.01. The molecule has 0 radical (unpaired) electrons. The maximum absolute atomic E-state index is 12.4. The van der Waals surface area contributed by atoms with Crippen molar-refractivity contribution in [3.63, 3.8) is 0 Å². The van der Waals surface area contributed by atoms with Gasteiger partial charge in [-0.25, -0.2) is 0 Å². The van der Waals surface area contributed by atoms with Gasteiger partial charge in [-0.2, -0.15) is 4.80 Å². The van der Waals surface area contributed by atoms with E-state index in [0.717, 1.165) is 24.8 Å². The Morgan fingerprint density at radius 2 is 2.00 bits per heavy atom. The number of carbonyl (C=O) groups excluding carboxylic acids is 1. The molecule has 0 spiro atoms. The van der Waals surface area contributed by atoms with Crippen molar-refractivity contribution in [1.82, 2.24) is 25.5 Å². The first-order valence-electron chi connectivity index (χ1n) is 9.41. The molecule has 0 aliphatic heterocycles. The van der Waals surface area contributed by atoms with Gasteiger partial charge in [0.2, 0.25) is 11.7 Å². The zero-order valence-electron chi connectivity index (χ0n) is 15.4. The van der Waals surface area contributed by atoms with Crippen LogP contribution in [0.5, 0.6) is 0 Å². The standard InChI is InChI=1S/C21H23N5O/c1-15-9-11-17(12-10-15)21-23-25-26(24-21)14-13-20(27)22-19-8-4-6-16-5-2-3-7-18(16)19/h2-3,5,7,9-12,19H,4,6,8,13-14H2,1H3,(H,22,27)/t19-/m1/s1. The van der Waals surface area contributed by atoms with E-state index in [-0.39, 0.29) is 11.9 Å². The van der Waals surface area contributed by atoms with E-state index >= 15 is 0 Å². The Hall–Kier alpha value is -3.02. The summed E-state index contributed by atoms with van der Waals surface area (Å²) in [5, 5.41) is 15.7. The number of fused-ring (bicyclic) bond motifs is 1. The summed E-state index contributed by atoms with van der Waals surface area (Å²) >= 11 is 0. The molecule has 0 fully saturated rings. The van der Waals surface area contributed by atoms with Crippen LogP contribution in [0.3, 0.4) is 0 Å². The molecule has 27 heavy (non-hydrogen) atoms. The molecule has 0 saturated carbocycles. The largest absolute Gasteiger partial charge is 0.349 e. The minimum absolute atomic E-state index is 0.0193. The quantitative estimate of drug-likeness (QED) is 0.757. The Bertz CT molecular complexity index is 932. The van der Waals surface area contributed by atoms with Gasteiger partial charge in [0.15, 0.2) is 0 Å². The zero-order valence-corrected chi connectivity index (χ0v) is 15.4. The van der Waals surface area contributed by atoms with Crippen LogP contribution in [0.1, 0.15) is 42.0 Å². The van der Waals surface area contributed by atoms with Crippen LogP contribution < -0.4 is 5.32 Å². The van der Waals surface area contributed by atoms with E-state index in [4.69, 9.17) is 0 Å². The molecule has 1 aromatic heterocycles. The van der Waals surface area contributed by atoms with E-state index < -0.39 is 0 Å². The molecule has 3 aromatic rings. The molecule has 0 saturated heterocycles. The van der Waals surface area contributed by atoms with Crippen molar-refractivity contribution in [3.05, 3.63) is 65.2 Å². The molecule has 1 aliphatic carbocycles. The molecule has 1 N–H and O–H groups in total. The lowest BCUT2D eigenvalue weighted by molar-refractivity contribution is -0.122. The molecule has 0 bridgehead atoms. The second-order valence-electron chi connectivity index (χ2n) is 7.04. The maximum atomic E-state index is 12.4. The van der Waals surface area contributed by atoms with Gasteiger partial charge in [-0.3, -0.25) is 4.79 Å². The van der Waals surface area contributed by atoms with E-state index in [1.165, 1.54) is 21.5 Å². The number of carbonyl (C=O) groups is 1. The molecule has 6 heteroatoms. The maximum Gasteiger partial charge on any atom is 0.222 e. The molecule has 6 nitrogen and oxygen atoms in total. The minimum Gasteiger partial charge on any atom is -0.349 e. The molecule has 1 heterocycles. The fourth-order valence-corrected chi connectivity index (χ4v) is 3.53. The topological polar surface area (TPSA) is 72.7 Å². The minimum atomic E-state index is 0.0193. The van der Waals surface area contributed by atoms with Gasteiger partial charge in [0.1, 0.15) is 0 Å². The second-order valence-corrected chi connectivity index (χ2v) is 7.04. The first kappa shape index (κ1) is 17.4. The number of amides is 1. The van der Waals surface area contributed by atoms with Gasteiger partial charge in [-0.05, 0) is 42.5 Å². The van der Waals surface area contributed by atoms with Crippen molar-refractivity contribution in [2.24, 2.45) is 0 Å². The van der Waals surface area contributed by atoms with Gasteiger partial charge in [0.05, 0.1) is 12.6 Å². The van der Waals surface area contributed by atoms with Crippen molar-refractivity contribution in [2.45, 2.75) is 45.2 Å². The van der Waals surface area contributed by atoms with Gasteiger partial charge in [0.25, 0.3) is 0 Å². The first-order chi connectivity index (χ1) is 13.2. The molecular formula is C21H23N5O. The van der Waals surface area contributed by atoms with Crippen molar-refractivity contribution in [3.8, 4) is 11.4 Å². The normalized spacial score (nSPS) is 16.0. The van der Waals surface area contributed by atoms with E-state index in [2.05, 4.69) is 38.9 Å². The number of hydrogen-bond acceptors (Lipinski definition) is 4. The Kier molecular flexibility index (Phi) is 4.96. The van der Waals surface area contributed by atoms with Gasteiger partial charge >= 0.3 is 0 Å². The average molecular weight is 361 g/mol. The summed E-state index contributed by atoms with van der Waals surface area (Å²) in [6.07, 6.45) is 3.52. The molecule has 1 amide bonds. The predicted molar refractivity (Wildman–Crippen MR) is 103 cm³/mol. The van der Waals surface area contributed by atoms with Gasteiger partial charge < -0.3 is 5.32 Å². The number of aromatic nitrogens is 4. The van der Waals surface area contributed by atoms with E-state index in [9.17, 15) is 4.79 Å². The van der Waals surface area contributed by atoms with Crippen LogP contribution in [0.4, 0.5) is 0 Å². The van der Waals surface area contributed by atoms with E-state index in [1.54, 1.807) is 0 Å². The third-order valence-electron chi connectivity index (χ3n) is 5.01. The SMILES string of the molecule is Cc1ccc(-c2nnn(CCC(=O)N[C@@H]3CCCc4ccccc43)n2)cc1. The van der Waals surface area contributed by atoms with Gasteiger partial charge in [0, 0.05) is 12.0 Å². The molecule has 4 rings (SSSR count). The summed E-state index contributed by atoms with van der Waals surface area (Å²) in [6, 6.07) is 16.5. The summed E-state index contributed by atoms with van der Waals surface area (Å²) < 4.78 is 0. The van der Waals surface area contributed by atoms with Crippen molar-refractivity contribution < 1.29 is 4.79 Å².